The Morgan fingerprint density at radius 3 is 1.29 bits per heavy atom. The van der Waals surface area contributed by atoms with Gasteiger partial charge in [-0.1, -0.05) is 34.5 Å². The highest BCUT2D eigenvalue weighted by Crippen LogP contribution is 2.22. The highest BCUT2D eigenvalue weighted by molar-refractivity contribution is 5.53. The molecule has 3 aromatic carbocycles. The highest BCUT2D eigenvalue weighted by atomic mass is 35.5. The van der Waals surface area contributed by atoms with Crippen molar-refractivity contribution in [2.24, 2.45) is 48.6 Å². The molecule has 0 unspecified atom stereocenters. The molecule has 0 radical (unpaired) electrons. The number of benzene rings is 3. The Morgan fingerprint density at radius 1 is 0.571 bits per heavy atom. The zero-order valence-corrected chi connectivity index (χ0v) is 25.5. The van der Waals surface area contributed by atoms with Gasteiger partial charge in [0.2, 0.25) is 0 Å². The van der Waals surface area contributed by atoms with Gasteiger partial charge in [0, 0.05) is 34.7 Å². The minimum atomic E-state index is 0. The molecule has 0 aliphatic heterocycles. The van der Waals surface area contributed by atoms with Crippen molar-refractivity contribution in [1.82, 2.24) is 9.13 Å². The van der Waals surface area contributed by atoms with Crippen molar-refractivity contribution >= 4 is 34.6 Å². The van der Waals surface area contributed by atoms with E-state index in [1.165, 1.54) is 11.1 Å². The van der Waals surface area contributed by atoms with Gasteiger partial charge < -0.3 is 35.4 Å². The molecular formula is C30H34Cl2N10. The second-order valence-electron chi connectivity index (χ2n) is 9.61. The number of hydrogen-bond acceptors (Lipinski definition) is 6. The fourth-order valence-corrected chi connectivity index (χ4v) is 4.24. The molecular weight excluding hydrogens is 571 g/mol. The van der Waals surface area contributed by atoms with Crippen LogP contribution in [-0.2, 0) is 41.3 Å². The quantitative estimate of drug-likeness (QED) is 0.175. The van der Waals surface area contributed by atoms with Gasteiger partial charge in [0.15, 0.2) is 0 Å². The number of nitrogens with zero attached hydrogens (tertiary/aromatic N) is 8. The monoisotopic (exact) mass is 604 g/mol. The van der Waals surface area contributed by atoms with Gasteiger partial charge in [0.25, 0.3) is 0 Å². The molecule has 0 fully saturated rings. The molecule has 218 valence electrons. The molecule has 10 nitrogen and oxygen atoms in total. The summed E-state index contributed by atoms with van der Waals surface area (Å²) in [6, 6.07) is 24.4. The van der Waals surface area contributed by atoms with Crippen molar-refractivity contribution in [2.75, 3.05) is 10.6 Å². The van der Waals surface area contributed by atoms with E-state index in [-0.39, 0.29) is 24.8 Å². The molecule has 2 heterocycles. The molecule has 42 heavy (non-hydrogen) atoms. The van der Waals surface area contributed by atoms with Crippen molar-refractivity contribution in [3.8, 4) is 0 Å². The summed E-state index contributed by atoms with van der Waals surface area (Å²) < 4.78 is 7.72. The maximum absolute atomic E-state index is 4.37. The van der Waals surface area contributed by atoms with Gasteiger partial charge >= 0.3 is 11.9 Å². The van der Waals surface area contributed by atoms with Gasteiger partial charge in [-0.05, 0) is 59.7 Å². The average Bonchev–Trinajstić information content (AvgIpc) is 3.48. The Labute approximate surface area is 258 Å². The molecule has 0 aliphatic carbocycles. The number of azo groups is 2. The van der Waals surface area contributed by atoms with Crippen LogP contribution in [0.15, 0.2) is 118 Å². The third-order valence-electron chi connectivity index (χ3n) is 6.62. The Morgan fingerprint density at radius 2 is 0.952 bits per heavy atom. The van der Waals surface area contributed by atoms with E-state index in [2.05, 4.69) is 55.4 Å². The number of halogens is 2. The standard InChI is InChI=1S/C30H32N10.2ClH/c1-37-17-18-38(2)29(37)35-33-27-13-9-25(10-14-27)31-21-23-7-5-6-8-24(23)22-32-26-11-15-28(16-12-26)34-36-30-39(3)19-20-40(30)4;;/h5-20H,21-22H2,1-4H3;2*1H. The number of hydrogen-bond donors (Lipinski definition) is 2. The summed E-state index contributed by atoms with van der Waals surface area (Å²) in [5.41, 5.74) is 6.13. The maximum Gasteiger partial charge on any atom is 0.421 e. The molecule has 2 N–H and O–H groups in total. The first kappa shape index (κ1) is 32.0. The fourth-order valence-electron chi connectivity index (χ4n) is 4.24. The van der Waals surface area contributed by atoms with Gasteiger partial charge in [-0.3, -0.25) is 0 Å². The number of imidazole rings is 2. The number of anilines is 2. The van der Waals surface area contributed by atoms with Crippen molar-refractivity contribution in [3.05, 3.63) is 109 Å². The van der Waals surface area contributed by atoms with Gasteiger partial charge in [0.05, 0.1) is 53.0 Å². The Kier molecular flexibility index (Phi) is 11.3. The van der Waals surface area contributed by atoms with E-state index in [0.29, 0.717) is 13.1 Å². The molecule has 0 amide bonds. The van der Waals surface area contributed by atoms with Crippen LogP contribution in [0, 0.1) is 0 Å². The fraction of sp³-hybridized carbons (Fsp3) is 0.200. The first-order valence-electron chi connectivity index (χ1n) is 13.1. The summed E-state index contributed by atoms with van der Waals surface area (Å²) in [6.45, 7) is 1.43. The Hall–Kier alpha value is -4.54. The molecule has 0 saturated carbocycles. The van der Waals surface area contributed by atoms with Gasteiger partial charge in [-0.15, -0.1) is 0 Å². The van der Waals surface area contributed by atoms with Crippen LogP contribution < -0.4 is 44.6 Å². The van der Waals surface area contributed by atoms with E-state index in [4.69, 9.17) is 0 Å². The first-order valence-corrected chi connectivity index (χ1v) is 13.1. The zero-order chi connectivity index (χ0) is 27.9. The van der Waals surface area contributed by atoms with Crippen LogP contribution >= 0.6 is 0 Å². The summed E-state index contributed by atoms with van der Waals surface area (Å²) in [5.74, 6) is 1.57. The predicted molar refractivity (Wildman–Crippen MR) is 156 cm³/mol. The number of nitrogens with one attached hydrogen (secondary N) is 2. The summed E-state index contributed by atoms with van der Waals surface area (Å²) in [6.07, 6.45) is 7.80. The van der Waals surface area contributed by atoms with Crippen molar-refractivity contribution in [2.45, 2.75) is 13.1 Å². The van der Waals surface area contributed by atoms with Crippen LogP contribution in [0.1, 0.15) is 11.1 Å². The summed E-state index contributed by atoms with van der Waals surface area (Å²) >= 11 is 0. The van der Waals surface area contributed by atoms with Gasteiger partial charge in [0.1, 0.15) is 11.4 Å². The van der Waals surface area contributed by atoms with E-state index < -0.39 is 0 Å². The second kappa shape index (κ2) is 14.9. The van der Waals surface area contributed by atoms with Crippen LogP contribution in [0.3, 0.4) is 0 Å². The van der Waals surface area contributed by atoms with Crippen LogP contribution in [0.4, 0.5) is 34.6 Å². The maximum atomic E-state index is 4.37. The zero-order valence-electron chi connectivity index (χ0n) is 24.0. The topological polar surface area (TPSA) is 91.1 Å². The van der Waals surface area contributed by atoms with Gasteiger partial charge in [-0.25, -0.2) is 18.3 Å². The molecule has 12 heteroatoms. The Bertz CT molecular complexity index is 1480. The molecule has 0 atom stereocenters. The Balaban J connectivity index is 0.00000242. The van der Waals surface area contributed by atoms with E-state index in [0.717, 1.165) is 34.6 Å². The molecule has 0 bridgehead atoms. The number of aromatic nitrogens is 4. The lowest BCUT2D eigenvalue weighted by Crippen LogP contribution is -3.00. The SMILES string of the molecule is Cn1cc[n+](C)c1N=Nc1ccc(NCc2ccccc2CNc2ccc(N=Nc3n(C)cc[n+]3C)cc2)cc1.[Cl-].[Cl-]. The smallest absolute Gasteiger partial charge is 0.421 e. The van der Waals surface area contributed by atoms with Crippen LogP contribution in [0.2, 0.25) is 0 Å². The average molecular weight is 606 g/mol. The van der Waals surface area contributed by atoms with Crippen LogP contribution in [-0.4, -0.2) is 9.13 Å². The lowest BCUT2D eigenvalue weighted by atomic mass is 10.1. The predicted octanol–water partition coefficient (Wildman–Crippen LogP) is 0.0756. The molecule has 0 aliphatic rings. The molecule has 5 aromatic rings. The minimum Gasteiger partial charge on any atom is -1.00 e. The number of aryl methyl sites for hydroxylation is 4. The summed E-state index contributed by atoms with van der Waals surface area (Å²) in [7, 11) is 7.80. The molecule has 0 spiro atoms. The van der Waals surface area contributed by atoms with Gasteiger partial charge in [-0.2, -0.15) is 0 Å². The van der Waals surface area contributed by atoms with Crippen molar-refractivity contribution in [1.29, 1.82) is 0 Å². The highest BCUT2D eigenvalue weighted by Gasteiger charge is 2.11. The second-order valence-corrected chi connectivity index (χ2v) is 9.61. The minimum absolute atomic E-state index is 0. The molecule has 0 saturated heterocycles. The molecule has 2 aromatic heterocycles. The third kappa shape index (κ3) is 8.02. The van der Waals surface area contributed by atoms with E-state index in [1.54, 1.807) is 0 Å². The first-order chi connectivity index (χ1) is 19.5. The van der Waals surface area contributed by atoms with E-state index in [9.17, 15) is 0 Å². The normalized spacial score (nSPS) is 11.0. The van der Waals surface area contributed by atoms with Crippen LogP contribution in [0.25, 0.3) is 0 Å². The molecule has 5 rings (SSSR count). The lowest BCUT2D eigenvalue weighted by Gasteiger charge is -2.13. The van der Waals surface area contributed by atoms with E-state index in [1.807, 2.05) is 120 Å². The third-order valence-corrected chi connectivity index (χ3v) is 6.62. The lowest BCUT2D eigenvalue weighted by molar-refractivity contribution is -0.657. The summed E-state index contributed by atoms with van der Waals surface area (Å²) in [4.78, 5) is 0. The largest absolute Gasteiger partial charge is 1.00 e. The number of rotatable bonds is 10. The summed E-state index contributed by atoms with van der Waals surface area (Å²) in [5, 5.41) is 24.5. The van der Waals surface area contributed by atoms with E-state index >= 15 is 0 Å². The van der Waals surface area contributed by atoms with Crippen molar-refractivity contribution < 1.29 is 33.9 Å². The van der Waals surface area contributed by atoms with Crippen molar-refractivity contribution in [3.63, 3.8) is 0 Å². The van der Waals surface area contributed by atoms with Crippen LogP contribution in [0.5, 0.6) is 0 Å².